The van der Waals surface area contributed by atoms with Crippen LogP contribution in [0.15, 0.2) is 12.5 Å². The van der Waals surface area contributed by atoms with Crippen molar-refractivity contribution >= 4 is 17.8 Å². The molecule has 1 aliphatic rings. The van der Waals surface area contributed by atoms with Crippen LogP contribution in [0.4, 0.5) is 0 Å². The van der Waals surface area contributed by atoms with Gasteiger partial charge < -0.3 is 9.84 Å². The van der Waals surface area contributed by atoms with Gasteiger partial charge in [0.25, 0.3) is 0 Å². The van der Waals surface area contributed by atoms with Crippen LogP contribution >= 0.6 is 0 Å². The van der Waals surface area contributed by atoms with Gasteiger partial charge in [0.1, 0.15) is 6.54 Å². The van der Waals surface area contributed by atoms with Crippen LogP contribution in [0.5, 0.6) is 0 Å². The van der Waals surface area contributed by atoms with Gasteiger partial charge in [0.05, 0.1) is 0 Å². The number of aliphatic carboxylic acids is 1. The Balaban J connectivity index is 2.77. The number of hydrogen-bond donors (Lipinski definition) is 1. The van der Waals surface area contributed by atoms with E-state index >= 15 is 0 Å². The molecule has 0 aromatic rings. The summed E-state index contributed by atoms with van der Waals surface area (Å²) in [6, 6.07) is 0. The van der Waals surface area contributed by atoms with Crippen molar-refractivity contribution in [3.63, 3.8) is 0 Å². The van der Waals surface area contributed by atoms with E-state index in [9.17, 15) is 14.4 Å². The second kappa shape index (κ2) is 2.65. The fraction of sp³-hybridized carbons (Fsp3) is 0.167. The third-order valence-corrected chi connectivity index (χ3v) is 1.22. The summed E-state index contributed by atoms with van der Waals surface area (Å²) >= 11 is 0. The largest absolute Gasteiger partial charge is 0.480 e. The van der Waals surface area contributed by atoms with Gasteiger partial charge in [-0.05, 0) is 6.58 Å². The lowest BCUT2D eigenvalue weighted by Gasteiger charge is -2.08. The van der Waals surface area contributed by atoms with Crippen molar-refractivity contribution < 1.29 is 24.2 Å². The Hall–Kier alpha value is -1.85. The van der Waals surface area contributed by atoms with Crippen LogP contribution in [-0.4, -0.2) is 34.4 Å². The van der Waals surface area contributed by atoms with Crippen LogP contribution in [0.2, 0.25) is 0 Å². The van der Waals surface area contributed by atoms with Crippen LogP contribution in [0.1, 0.15) is 0 Å². The van der Waals surface area contributed by atoms with Crippen LogP contribution in [0.25, 0.3) is 0 Å². The molecule has 0 saturated carbocycles. The highest BCUT2D eigenvalue weighted by Gasteiger charge is 2.36. The molecule has 0 bridgehead atoms. The van der Waals surface area contributed by atoms with Gasteiger partial charge in [0.15, 0.2) is 5.88 Å². The molecular weight excluding hydrogens is 166 g/mol. The molecular formula is C6H5NO5. The van der Waals surface area contributed by atoms with E-state index in [4.69, 9.17) is 5.11 Å². The Bertz CT molecular complexity index is 282. The van der Waals surface area contributed by atoms with Crippen molar-refractivity contribution in [2.45, 2.75) is 0 Å². The standard InChI is InChI=1S/C6H5NO5/c1-3-7(2-4(8)9)5(10)6(11)12-3/h1-2H2,(H,8,9). The summed E-state index contributed by atoms with van der Waals surface area (Å²) in [6.07, 6.45) is 0. The number of cyclic esters (lactones) is 1. The molecule has 0 aromatic heterocycles. The molecule has 1 N–H and O–H groups in total. The van der Waals surface area contributed by atoms with Gasteiger partial charge >= 0.3 is 17.8 Å². The molecule has 1 rings (SSSR count). The smallest absolute Gasteiger partial charge is 0.404 e. The van der Waals surface area contributed by atoms with Crippen LogP contribution in [-0.2, 0) is 19.1 Å². The van der Waals surface area contributed by atoms with Gasteiger partial charge in [-0.2, -0.15) is 0 Å². The van der Waals surface area contributed by atoms with E-state index in [0.29, 0.717) is 4.90 Å². The summed E-state index contributed by atoms with van der Waals surface area (Å²) in [6.45, 7) is 2.58. The number of hydrogen-bond acceptors (Lipinski definition) is 4. The summed E-state index contributed by atoms with van der Waals surface area (Å²) in [5.74, 6) is -3.57. The number of carboxylic acid groups (broad SMARTS) is 1. The van der Waals surface area contributed by atoms with Gasteiger partial charge in [-0.15, -0.1) is 0 Å². The quantitative estimate of drug-likeness (QED) is 0.422. The van der Waals surface area contributed by atoms with Gasteiger partial charge in [-0.1, -0.05) is 0 Å². The second-order valence-corrected chi connectivity index (χ2v) is 2.07. The first-order valence-electron chi connectivity index (χ1n) is 2.96. The Kier molecular flexibility index (Phi) is 1.82. The third kappa shape index (κ3) is 1.26. The van der Waals surface area contributed by atoms with Gasteiger partial charge in [0.2, 0.25) is 0 Å². The summed E-state index contributed by atoms with van der Waals surface area (Å²) in [4.78, 5) is 32.1. The molecule has 0 aliphatic carbocycles. The first-order valence-corrected chi connectivity index (χ1v) is 2.96. The van der Waals surface area contributed by atoms with Crippen molar-refractivity contribution in [2.24, 2.45) is 0 Å². The lowest BCUT2D eigenvalue weighted by molar-refractivity contribution is -0.148. The van der Waals surface area contributed by atoms with E-state index in [1.165, 1.54) is 0 Å². The van der Waals surface area contributed by atoms with E-state index in [-0.39, 0.29) is 5.88 Å². The van der Waals surface area contributed by atoms with Crippen molar-refractivity contribution in [1.82, 2.24) is 4.90 Å². The average Bonchev–Trinajstić information content (AvgIpc) is 2.16. The number of nitrogens with zero attached hydrogens (tertiary/aromatic N) is 1. The molecule has 12 heavy (non-hydrogen) atoms. The predicted octanol–water partition coefficient (Wildman–Crippen LogP) is -1.07. The SMILES string of the molecule is C=C1OC(=O)C(=O)N1CC(=O)O. The normalized spacial score (nSPS) is 16.7. The Labute approximate surface area is 67.0 Å². The van der Waals surface area contributed by atoms with Gasteiger partial charge in [0, 0.05) is 0 Å². The lowest BCUT2D eigenvalue weighted by atomic mass is 10.5. The molecule has 0 unspecified atom stereocenters. The van der Waals surface area contributed by atoms with Crippen LogP contribution < -0.4 is 0 Å². The summed E-state index contributed by atoms with van der Waals surface area (Å²) in [5, 5.41) is 8.29. The minimum absolute atomic E-state index is 0.243. The molecule has 1 aliphatic heterocycles. The predicted molar refractivity (Wildman–Crippen MR) is 34.6 cm³/mol. The van der Waals surface area contributed by atoms with Crippen LogP contribution in [0.3, 0.4) is 0 Å². The highest BCUT2D eigenvalue weighted by molar-refractivity contribution is 6.35. The van der Waals surface area contributed by atoms with E-state index in [2.05, 4.69) is 11.3 Å². The number of amides is 1. The monoisotopic (exact) mass is 171 g/mol. The highest BCUT2D eigenvalue weighted by Crippen LogP contribution is 2.13. The molecule has 0 spiro atoms. The van der Waals surface area contributed by atoms with Gasteiger partial charge in [-0.3, -0.25) is 14.5 Å². The molecule has 6 heteroatoms. The fourth-order valence-corrected chi connectivity index (χ4v) is 0.724. The van der Waals surface area contributed by atoms with Gasteiger partial charge in [-0.25, -0.2) is 4.79 Å². The molecule has 1 fully saturated rings. The number of esters is 1. The first-order chi connectivity index (χ1) is 5.52. The number of rotatable bonds is 2. The topological polar surface area (TPSA) is 83.9 Å². The summed E-state index contributed by atoms with van der Waals surface area (Å²) in [5.41, 5.74) is 0. The maximum Gasteiger partial charge on any atom is 0.404 e. The van der Waals surface area contributed by atoms with Crippen molar-refractivity contribution in [2.75, 3.05) is 6.54 Å². The number of carboxylic acids is 1. The number of carbonyl (C=O) groups excluding carboxylic acids is 2. The minimum atomic E-state index is -1.23. The van der Waals surface area contributed by atoms with E-state index in [0.717, 1.165) is 0 Å². The molecule has 64 valence electrons. The van der Waals surface area contributed by atoms with Crippen molar-refractivity contribution in [3.05, 3.63) is 12.5 Å². The maximum absolute atomic E-state index is 10.8. The highest BCUT2D eigenvalue weighted by atomic mass is 16.6. The Morgan fingerprint density at radius 2 is 2.17 bits per heavy atom. The molecule has 6 nitrogen and oxygen atoms in total. The number of ether oxygens (including phenoxy) is 1. The molecule has 1 heterocycles. The van der Waals surface area contributed by atoms with E-state index in [1.54, 1.807) is 0 Å². The zero-order valence-electron chi connectivity index (χ0n) is 5.94. The fourth-order valence-electron chi connectivity index (χ4n) is 0.724. The van der Waals surface area contributed by atoms with Crippen LogP contribution in [0, 0.1) is 0 Å². The number of carbonyl (C=O) groups is 3. The van der Waals surface area contributed by atoms with Crippen molar-refractivity contribution in [1.29, 1.82) is 0 Å². The molecule has 0 aromatic carbocycles. The lowest BCUT2D eigenvalue weighted by Crippen LogP contribution is -2.31. The zero-order chi connectivity index (χ0) is 9.30. The zero-order valence-corrected chi connectivity index (χ0v) is 5.94. The van der Waals surface area contributed by atoms with Crippen molar-refractivity contribution in [3.8, 4) is 0 Å². The molecule has 0 atom stereocenters. The van der Waals surface area contributed by atoms with E-state index in [1.807, 2.05) is 0 Å². The third-order valence-electron chi connectivity index (χ3n) is 1.22. The minimum Gasteiger partial charge on any atom is -0.480 e. The molecule has 1 amide bonds. The molecule has 1 saturated heterocycles. The molecule has 0 radical (unpaired) electrons. The second-order valence-electron chi connectivity index (χ2n) is 2.07. The Morgan fingerprint density at radius 3 is 2.50 bits per heavy atom. The van der Waals surface area contributed by atoms with E-state index < -0.39 is 24.4 Å². The summed E-state index contributed by atoms with van der Waals surface area (Å²) in [7, 11) is 0. The first kappa shape index (κ1) is 8.25. The average molecular weight is 171 g/mol. The summed E-state index contributed by atoms with van der Waals surface area (Å²) < 4.78 is 4.27. The Morgan fingerprint density at radius 1 is 1.58 bits per heavy atom. The maximum atomic E-state index is 10.8.